The maximum absolute atomic E-state index is 12.5. The second kappa shape index (κ2) is 8.80. The number of carbonyl (C=O) groups is 1. The van der Waals surface area contributed by atoms with Crippen LogP contribution >= 0.6 is 0 Å². The first-order chi connectivity index (χ1) is 14.6. The van der Waals surface area contributed by atoms with Gasteiger partial charge in [-0.3, -0.25) is 4.79 Å². The Bertz CT molecular complexity index is 1120. The summed E-state index contributed by atoms with van der Waals surface area (Å²) < 4.78 is 7.75. The van der Waals surface area contributed by atoms with Gasteiger partial charge < -0.3 is 19.6 Å². The lowest BCUT2D eigenvalue weighted by Crippen LogP contribution is -2.28. The second-order valence-corrected chi connectivity index (χ2v) is 7.15. The maximum Gasteiger partial charge on any atom is 0.251 e. The molecule has 0 bridgehead atoms. The van der Waals surface area contributed by atoms with E-state index in [0.717, 1.165) is 22.5 Å². The summed E-state index contributed by atoms with van der Waals surface area (Å²) in [6.07, 6.45) is 3.09. The molecule has 152 valence electrons. The van der Waals surface area contributed by atoms with Gasteiger partial charge in [-0.05, 0) is 42.8 Å². The normalized spacial score (nSPS) is 11.9. The number of aliphatic hydroxyl groups excluding tert-OH is 1. The number of imidazole rings is 1. The molecule has 4 rings (SSSR count). The number of nitrogens with zero attached hydrogens (tertiary/aromatic N) is 2. The number of ether oxygens (including phenoxy) is 1. The first kappa shape index (κ1) is 19.7. The van der Waals surface area contributed by atoms with Gasteiger partial charge in [0.05, 0.1) is 11.8 Å². The van der Waals surface area contributed by atoms with E-state index in [1.54, 1.807) is 24.3 Å². The monoisotopic (exact) mass is 401 g/mol. The molecule has 6 nitrogen and oxygen atoms in total. The quantitative estimate of drug-likeness (QED) is 0.495. The zero-order chi connectivity index (χ0) is 20.9. The van der Waals surface area contributed by atoms with Crippen molar-refractivity contribution in [3.63, 3.8) is 0 Å². The highest BCUT2D eigenvalue weighted by Crippen LogP contribution is 2.17. The van der Waals surface area contributed by atoms with E-state index in [1.165, 1.54) is 0 Å². The summed E-state index contributed by atoms with van der Waals surface area (Å²) in [5.41, 5.74) is 4.02. The van der Waals surface area contributed by atoms with Crippen molar-refractivity contribution in [2.45, 2.75) is 19.6 Å². The average molecular weight is 401 g/mol. The van der Waals surface area contributed by atoms with Gasteiger partial charge in [0.2, 0.25) is 0 Å². The van der Waals surface area contributed by atoms with Crippen LogP contribution in [0.1, 0.15) is 33.3 Å². The fraction of sp³-hybridized carbons (Fsp3) is 0.167. The SMILES string of the molecule is Cc1ccc(C(O)CNC(=O)c2cccc(OCc3cn4ccccc4n3)c2)cc1. The third-order valence-electron chi connectivity index (χ3n) is 4.81. The molecule has 1 atom stereocenters. The molecule has 0 saturated carbocycles. The predicted octanol–water partition coefficient (Wildman–Crippen LogP) is 3.69. The molecule has 1 unspecified atom stereocenters. The van der Waals surface area contributed by atoms with Gasteiger partial charge >= 0.3 is 0 Å². The maximum atomic E-state index is 12.5. The third kappa shape index (κ3) is 4.67. The van der Waals surface area contributed by atoms with Gasteiger partial charge in [0.25, 0.3) is 5.91 Å². The molecule has 2 heterocycles. The standard InChI is InChI=1S/C24H23N3O3/c1-17-8-10-18(11-9-17)22(28)14-25-24(29)19-5-4-6-21(13-19)30-16-20-15-27-12-3-2-7-23(27)26-20/h2-13,15,22,28H,14,16H2,1H3,(H,25,29). The molecule has 2 aromatic heterocycles. The molecule has 2 N–H and O–H groups in total. The van der Waals surface area contributed by atoms with Gasteiger partial charge in [-0.2, -0.15) is 0 Å². The molecule has 0 aliphatic heterocycles. The van der Waals surface area contributed by atoms with E-state index in [-0.39, 0.29) is 12.5 Å². The number of aromatic nitrogens is 2. The van der Waals surface area contributed by atoms with Crippen molar-refractivity contribution in [2.24, 2.45) is 0 Å². The summed E-state index contributed by atoms with van der Waals surface area (Å²) in [6.45, 7) is 2.43. The highest BCUT2D eigenvalue weighted by Gasteiger charge is 2.12. The van der Waals surface area contributed by atoms with Crippen LogP contribution in [0.25, 0.3) is 5.65 Å². The number of hydrogen-bond donors (Lipinski definition) is 2. The highest BCUT2D eigenvalue weighted by atomic mass is 16.5. The summed E-state index contributed by atoms with van der Waals surface area (Å²) in [7, 11) is 0. The number of hydrogen-bond acceptors (Lipinski definition) is 4. The Morgan fingerprint density at radius 1 is 1.13 bits per heavy atom. The molecule has 30 heavy (non-hydrogen) atoms. The van der Waals surface area contributed by atoms with Crippen molar-refractivity contribution in [2.75, 3.05) is 6.54 Å². The Morgan fingerprint density at radius 3 is 2.77 bits per heavy atom. The van der Waals surface area contributed by atoms with Crippen molar-refractivity contribution >= 4 is 11.6 Å². The molecule has 0 saturated heterocycles. The van der Waals surface area contributed by atoms with Crippen LogP contribution in [0.5, 0.6) is 5.75 Å². The number of pyridine rings is 1. The number of amides is 1. The van der Waals surface area contributed by atoms with Gasteiger partial charge in [-0.15, -0.1) is 0 Å². The van der Waals surface area contributed by atoms with E-state index in [4.69, 9.17) is 4.74 Å². The Morgan fingerprint density at radius 2 is 1.97 bits per heavy atom. The molecule has 0 radical (unpaired) electrons. The molecule has 2 aromatic carbocycles. The minimum absolute atomic E-state index is 0.133. The van der Waals surface area contributed by atoms with Gasteiger partial charge in [-0.1, -0.05) is 42.0 Å². The molecule has 6 heteroatoms. The smallest absolute Gasteiger partial charge is 0.251 e. The fourth-order valence-electron chi connectivity index (χ4n) is 3.14. The van der Waals surface area contributed by atoms with E-state index < -0.39 is 6.10 Å². The van der Waals surface area contributed by atoms with E-state index in [9.17, 15) is 9.90 Å². The van der Waals surface area contributed by atoms with E-state index in [2.05, 4.69) is 10.3 Å². The van der Waals surface area contributed by atoms with Crippen molar-refractivity contribution in [3.05, 3.63) is 102 Å². The highest BCUT2D eigenvalue weighted by molar-refractivity contribution is 5.94. The lowest BCUT2D eigenvalue weighted by atomic mass is 10.1. The lowest BCUT2D eigenvalue weighted by molar-refractivity contribution is 0.0916. The number of aryl methyl sites for hydroxylation is 1. The number of nitrogens with one attached hydrogen (secondary N) is 1. The van der Waals surface area contributed by atoms with Gasteiger partial charge in [0.1, 0.15) is 18.0 Å². The molecule has 0 fully saturated rings. The van der Waals surface area contributed by atoms with Crippen molar-refractivity contribution in [1.82, 2.24) is 14.7 Å². The molecule has 0 spiro atoms. The Kier molecular flexibility index (Phi) is 5.77. The number of fused-ring (bicyclic) bond motifs is 1. The molecular weight excluding hydrogens is 378 g/mol. The second-order valence-electron chi connectivity index (χ2n) is 7.15. The molecule has 1 amide bonds. The Hall–Kier alpha value is -3.64. The van der Waals surface area contributed by atoms with Crippen LogP contribution in [0.3, 0.4) is 0 Å². The number of rotatable bonds is 7. The van der Waals surface area contributed by atoms with Gasteiger partial charge in [0, 0.05) is 24.5 Å². The minimum atomic E-state index is -0.760. The first-order valence-electron chi connectivity index (χ1n) is 9.77. The first-order valence-corrected chi connectivity index (χ1v) is 9.77. The topological polar surface area (TPSA) is 75.9 Å². The van der Waals surface area contributed by atoms with Crippen LogP contribution in [0, 0.1) is 6.92 Å². The zero-order valence-electron chi connectivity index (χ0n) is 16.7. The largest absolute Gasteiger partial charge is 0.487 e. The number of aliphatic hydroxyl groups is 1. The van der Waals surface area contributed by atoms with E-state index in [1.807, 2.05) is 66.2 Å². The fourth-order valence-corrected chi connectivity index (χ4v) is 3.14. The summed E-state index contributed by atoms with van der Waals surface area (Å²) in [4.78, 5) is 17.0. The Labute approximate surface area is 174 Å². The third-order valence-corrected chi connectivity index (χ3v) is 4.81. The molecular formula is C24H23N3O3. The van der Waals surface area contributed by atoms with Crippen LogP contribution < -0.4 is 10.1 Å². The van der Waals surface area contributed by atoms with Crippen molar-refractivity contribution in [3.8, 4) is 5.75 Å². The number of carbonyl (C=O) groups excluding carboxylic acids is 1. The van der Waals surface area contributed by atoms with E-state index in [0.29, 0.717) is 17.9 Å². The summed E-state index contributed by atoms with van der Waals surface area (Å²) in [5.74, 6) is 0.318. The predicted molar refractivity (Wildman–Crippen MR) is 114 cm³/mol. The molecule has 4 aromatic rings. The van der Waals surface area contributed by atoms with E-state index >= 15 is 0 Å². The van der Waals surface area contributed by atoms with Crippen LogP contribution in [0.4, 0.5) is 0 Å². The Balaban J connectivity index is 1.35. The number of benzene rings is 2. The summed E-state index contributed by atoms with van der Waals surface area (Å²) >= 11 is 0. The molecule has 0 aliphatic rings. The van der Waals surface area contributed by atoms with Gasteiger partial charge in [0.15, 0.2) is 0 Å². The van der Waals surface area contributed by atoms with Crippen molar-refractivity contribution in [1.29, 1.82) is 0 Å². The summed E-state index contributed by atoms with van der Waals surface area (Å²) in [5, 5.41) is 13.1. The van der Waals surface area contributed by atoms with Crippen LogP contribution in [-0.2, 0) is 6.61 Å². The van der Waals surface area contributed by atoms with Crippen LogP contribution in [-0.4, -0.2) is 26.9 Å². The zero-order valence-corrected chi connectivity index (χ0v) is 16.7. The molecule has 0 aliphatic carbocycles. The van der Waals surface area contributed by atoms with Crippen LogP contribution in [0.2, 0.25) is 0 Å². The van der Waals surface area contributed by atoms with Crippen LogP contribution in [0.15, 0.2) is 79.1 Å². The van der Waals surface area contributed by atoms with Crippen molar-refractivity contribution < 1.29 is 14.6 Å². The average Bonchev–Trinajstić information content (AvgIpc) is 3.19. The van der Waals surface area contributed by atoms with Gasteiger partial charge in [-0.25, -0.2) is 4.98 Å². The minimum Gasteiger partial charge on any atom is -0.487 e. The lowest BCUT2D eigenvalue weighted by Gasteiger charge is -2.13. The summed E-state index contributed by atoms with van der Waals surface area (Å²) in [6, 6.07) is 20.4.